The second-order valence-corrected chi connectivity index (χ2v) is 3.80. The van der Waals surface area contributed by atoms with Gasteiger partial charge in [0.05, 0.1) is 24.3 Å². The van der Waals surface area contributed by atoms with Gasteiger partial charge in [-0.3, -0.25) is 0 Å². The van der Waals surface area contributed by atoms with Crippen molar-refractivity contribution in [2.45, 2.75) is 19.3 Å². The van der Waals surface area contributed by atoms with Crippen molar-refractivity contribution in [2.75, 3.05) is 0 Å². The van der Waals surface area contributed by atoms with Crippen LogP contribution < -0.4 is 0 Å². The number of hydrogen-bond donors (Lipinski definition) is 0. The highest BCUT2D eigenvalue weighted by Crippen LogP contribution is 2.06. The number of halogens is 1. The van der Waals surface area contributed by atoms with Crippen LogP contribution in [0.3, 0.4) is 0 Å². The highest BCUT2D eigenvalue weighted by Gasteiger charge is 2.00. The second-order valence-electron chi connectivity index (χ2n) is 3.53. The SMILES string of the molecule is Cc1cccc(Cn2cc(CCl)nn2)c1. The number of alkyl halides is 1. The quantitative estimate of drug-likeness (QED) is 0.746. The molecule has 1 aromatic carbocycles. The third-order valence-corrected chi connectivity index (χ3v) is 2.42. The van der Waals surface area contributed by atoms with E-state index in [1.807, 2.05) is 12.3 Å². The van der Waals surface area contributed by atoms with Crippen LogP contribution in [0.5, 0.6) is 0 Å². The Bertz CT molecular complexity index is 451. The van der Waals surface area contributed by atoms with E-state index in [0.29, 0.717) is 5.88 Å². The molecule has 78 valence electrons. The van der Waals surface area contributed by atoms with Gasteiger partial charge in [-0.2, -0.15) is 0 Å². The fourth-order valence-corrected chi connectivity index (χ4v) is 1.60. The zero-order chi connectivity index (χ0) is 10.7. The van der Waals surface area contributed by atoms with E-state index in [1.54, 1.807) is 4.68 Å². The van der Waals surface area contributed by atoms with E-state index < -0.39 is 0 Å². The molecule has 0 unspecified atom stereocenters. The van der Waals surface area contributed by atoms with Crippen molar-refractivity contribution < 1.29 is 0 Å². The van der Waals surface area contributed by atoms with Gasteiger partial charge in [-0.05, 0) is 12.5 Å². The van der Waals surface area contributed by atoms with Gasteiger partial charge in [0.15, 0.2) is 0 Å². The standard InChI is InChI=1S/C11H12ClN3/c1-9-3-2-4-10(5-9)7-15-8-11(6-12)13-14-15/h2-5,8H,6-7H2,1H3. The Morgan fingerprint density at radius 3 is 2.93 bits per heavy atom. The zero-order valence-corrected chi connectivity index (χ0v) is 9.28. The van der Waals surface area contributed by atoms with Crippen molar-refractivity contribution in [1.82, 2.24) is 15.0 Å². The molecule has 2 aromatic rings. The first-order valence-electron chi connectivity index (χ1n) is 4.78. The highest BCUT2D eigenvalue weighted by atomic mass is 35.5. The molecule has 4 heteroatoms. The molecule has 1 aromatic heterocycles. The maximum atomic E-state index is 5.65. The summed E-state index contributed by atoms with van der Waals surface area (Å²) in [6.07, 6.45) is 1.87. The van der Waals surface area contributed by atoms with Gasteiger partial charge >= 0.3 is 0 Å². The summed E-state index contributed by atoms with van der Waals surface area (Å²) in [4.78, 5) is 0. The van der Waals surface area contributed by atoms with Gasteiger partial charge < -0.3 is 0 Å². The Kier molecular flexibility index (Phi) is 3.02. The van der Waals surface area contributed by atoms with Crippen LogP contribution in [0.25, 0.3) is 0 Å². The highest BCUT2D eigenvalue weighted by molar-refractivity contribution is 6.16. The van der Waals surface area contributed by atoms with E-state index in [9.17, 15) is 0 Å². The molecule has 0 aliphatic carbocycles. The predicted molar refractivity (Wildman–Crippen MR) is 59.9 cm³/mol. The first-order valence-corrected chi connectivity index (χ1v) is 5.32. The van der Waals surface area contributed by atoms with Crippen LogP contribution in [0.4, 0.5) is 0 Å². The monoisotopic (exact) mass is 221 g/mol. The Morgan fingerprint density at radius 2 is 2.27 bits per heavy atom. The van der Waals surface area contributed by atoms with Gasteiger partial charge in [0.2, 0.25) is 0 Å². The largest absolute Gasteiger partial charge is 0.248 e. The lowest BCUT2D eigenvalue weighted by molar-refractivity contribution is 0.649. The number of nitrogens with zero attached hydrogens (tertiary/aromatic N) is 3. The molecule has 0 saturated heterocycles. The summed E-state index contributed by atoms with van der Waals surface area (Å²) in [7, 11) is 0. The first-order chi connectivity index (χ1) is 7.28. The fraction of sp³-hybridized carbons (Fsp3) is 0.273. The van der Waals surface area contributed by atoms with Crippen LogP contribution in [0.2, 0.25) is 0 Å². The molecule has 0 spiro atoms. The summed E-state index contributed by atoms with van der Waals surface area (Å²) in [5, 5.41) is 7.93. The fourth-order valence-electron chi connectivity index (χ4n) is 1.47. The normalized spacial score (nSPS) is 10.5. The lowest BCUT2D eigenvalue weighted by Gasteiger charge is -2.01. The number of rotatable bonds is 3. The lowest BCUT2D eigenvalue weighted by Crippen LogP contribution is -2.00. The summed E-state index contributed by atoms with van der Waals surface area (Å²) in [6, 6.07) is 8.34. The van der Waals surface area contributed by atoms with E-state index in [2.05, 4.69) is 35.4 Å². The molecule has 0 fully saturated rings. The number of aromatic nitrogens is 3. The van der Waals surface area contributed by atoms with Crippen molar-refractivity contribution in [2.24, 2.45) is 0 Å². The second kappa shape index (κ2) is 4.45. The number of aryl methyl sites for hydroxylation is 1. The maximum absolute atomic E-state index is 5.65. The van der Waals surface area contributed by atoms with Crippen molar-refractivity contribution in [3.8, 4) is 0 Å². The zero-order valence-electron chi connectivity index (χ0n) is 8.52. The van der Waals surface area contributed by atoms with Crippen LogP contribution in [0.1, 0.15) is 16.8 Å². The molecule has 1 heterocycles. The van der Waals surface area contributed by atoms with E-state index in [1.165, 1.54) is 11.1 Å². The molecule has 0 radical (unpaired) electrons. The van der Waals surface area contributed by atoms with E-state index >= 15 is 0 Å². The van der Waals surface area contributed by atoms with Crippen LogP contribution >= 0.6 is 11.6 Å². The van der Waals surface area contributed by atoms with E-state index in [0.717, 1.165) is 12.2 Å². The first kappa shape index (κ1) is 10.2. The topological polar surface area (TPSA) is 30.7 Å². The summed E-state index contributed by atoms with van der Waals surface area (Å²) >= 11 is 5.65. The molecule has 0 bridgehead atoms. The van der Waals surface area contributed by atoms with Gasteiger partial charge in [0.25, 0.3) is 0 Å². The smallest absolute Gasteiger partial charge is 0.0974 e. The third kappa shape index (κ3) is 2.57. The Morgan fingerprint density at radius 1 is 1.40 bits per heavy atom. The lowest BCUT2D eigenvalue weighted by atomic mass is 10.1. The minimum Gasteiger partial charge on any atom is -0.248 e. The molecule has 2 rings (SSSR count). The van der Waals surface area contributed by atoms with Gasteiger partial charge in [-0.1, -0.05) is 35.0 Å². The number of hydrogen-bond acceptors (Lipinski definition) is 2. The van der Waals surface area contributed by atoms with Gasteiger partial charge in [-0.25, -0.2) is 4.68 Å². The summed E-state index contributed by atoms with van der Waals surface area (Å²) in [5.41, 5.74) is 3.29. The average molecular weight is 222 g/mol. The predicted octanol–water partition coefficient (Wildman–Crippen LogP) is 2.37. The third-order valence-electron chi connectivity index (χ3n) is 2.15. The minimum atomic E-state index is 0.411. The molecule has 3 nitrogen and oxygen atoms in total. The van der Waals surface area contributed by atoms with Crippen LogP contribution in [0, 0.1) is 6.92 Å². The Balaban J connectivity index is 2.14. The molecule has 0 N–H and O–H groups in total. The summed E-state index contributed by atoms with van der Waals surface area (Å²) in [5.74, 6) is 0.411. The van der Waals surface area contributed by atoms with Gasteiger partial charge in [-0.15, -0.1) is 16.7 Å². The average Bonchev–Trinajstić information content (AvgIpc) is 2.65. The molecule has 0 atom stereocenters. The van der Waals surface area contributed by atoms with E-state index in [4.69, 9.17) is 11.6 Å². The van der Waals surface area contributed by atoms with Crippen LogP contribution in [0.15, 0.2) is 30.5 Å². The maximum Gasteiger partial charge on any atom is 0.0974 e. The summed E-state index contributed by atoms with van der Waals surface area (Å²) < 4.78 is 1.80. The van der Waals surface area contributed by atoms with Crippen LogP contribution in [-0.2, 0) is 12.4 Å². The van der Waals surface area contributed by atoms with Crippen molar-refractivity contribution in [3.63, 3.8) is 0 Å². The molecular weight excluding hydrogens is 210 g/mol. The molecular formula is C11H12ClN3. The number of benzene rings is 1. The molecule has 0 aliphatic heterocycles. The van der Waals surface area contributed by atoms with Crippen molar-refractivity contribution in [3.05, 3.63) is 47.3 Å². The molecule has 0 amide bonds. The van der Waals surface area contributed by atoms with Gasteiger partial charge in [0.1, 0.15) is 0 Å². The Labute approximate surface area is 93.7 Å². The van der Waals surface area contributed by atoms with E-state index in [-0.39, 0.29) is 0 Å². The minimum absolute atomic E-state index is 0.411. The molecule has 15 heavy (non-hydrogen) atoms. The van der Waals surface area contributed by atoms with Crippen molar-refractivity contribution in [1.29, 1.82) is 0 Å². The molecule has 0 aliphatic rings. The van der Waals surface area contributed by atoms with Crippen LogP contribution in [-0.4, -0.2) is 15.0 Å². The molecule has 0 saturated carbocycles. The van der Waals surface area contributed by atoms with Gasteiger partial charge in [0, 0.05) is 0 Å². The summed E-state index contributed by atoms with van der Waals surface area (Å²) in [6.45, 7) is 2.82. The Hall–Kier alpha value is -1.35. The van der Waals surface area contributed by atoms with Crippen molar-refractivity contribution >= 4 is 11.6 Å².